The summed E-state index contributed by atoms with van der Waals surface area (Å²) in [6.07, 6.45) is 3.61. The molecule has 0 aliphatic carbocycles. The second-order valence-corrected chi connectivity index (χ2v) is 6.97. The molecule has 0 bridgehead atoms. The van der Waals surface area contributed by atoms with Crippen LogP contribution < -0.4 is 5.32 Å². The van der Waals surface area contributed by atoms with Crippen LogP contribution in [0, 0.1) is 0 Å². The van der Waals surface area contributed by atoms with Crippen LogP contribution in [-0.2, 0) is 20.9 Å². The maximum Gasteiger partial charge on any atom is 0.407 e. The van der Waals surface area contributed by atoms with Gasteiger partial charge in [-0.05, 0) is 52.5 Å². The number of benzene rings is 1. The number of amides is 1. The predicted molar refractivity (Wildman–Crippen MR) is 98.1 cm³/mol. The number of esters is 1. The highest BCUT2D eigenvalue weighted by Crippen LogP contribution is 2.11. The van der Waals surface area contributed by atoms with Crippen molar-refractivity contribution in [3.05, 3.63) is 47.5 Å². The van der Waals surface area contributed by atoms with Crippen molar-refractivity contribution in [2.45, 2.75) is 59.2 Å². The van der Waals surface area contributed by atoms with E-state index in [1.165, 1.54) is 6.08 Å². The summed E-state index contributed by atoms with van der Waals surface area (Å²) in [6, 6.07) is 9.55. The van der Waals surface area contributed by atoms with Crippen LogP contribution in [0.1, 0.15) is 52.5 Å². The van der Waals surface area contributed by atoms with Crippen LogP contribution in [0.5, 0.6) is 0 Å². The number of alkyl carbamates (subject to hydrolysis) is 1. The minimum atomic E-state index is -0.474. The van der Waals surface area contributed by atoms with Gasteiger partial charge in [-0.1, -0.05) is 35.9 Å². The fourth-order valence-electron chi connectivity index (χ4n) is 2.10. The molecule has 1 aromatic rings. The van der Waals surface area contributed by atoms with Crippen LogP contribution in [-0.4, -0.2) is 24.2 Å². The predicted octanol–water partition coefficient (Wildman–Crippen LogP) is 4.37. The van der Waals surface area contributed by atoms with E-state index in [0.717, 1.165) is 30.4 Å². The average molecular weight is 347 g/mol. The van der Waals surface area contributed by atoms with Gasteiger partial charge in [0, 0.05) is 12.6 Å². The minimum absolute atomic E-state index is 0.268. The Labute approximate surface area is 150 Å². The average Bonchev–Trinajstić information content (AvgIpc) is 2.51. The molecule has 0 unspecified atom stereocenters. The van der Waals surface area contributed by atoms with Crippen LogP contribution in [0.25, 0.3) is 0 Å². The van der Waals surface area contributed by atoms with Gasteiger partial charge >= 0.3 is 12.1 Å². The van der Waals surface area contributed by atoms with Gasteiger partial charge in [-0.2, -0.15) is 0 Å². The first-order valence-corrected chi connectivity index (χ1v) is 8.61. The number of hydrogen-bond acceptors (Lipinski definition) is 4. The Hall–Kier alpha value is -2.30. The third-order valence-corrected chi connectivity index (χ3v) is 3.25. The van der Waals surface area contributed by atoms with Crippen LogP contribution in [0.4, 0.5) is 4.79 Å². The highest BCUT2D eigenvalue weighted by molar-refractivity contribution is 5.83. The van der Waals surface area contributed by atoms with Crippen molar-refractivity contribution in [1.82, 2.24) is 5.32 Å². The van der Waals surface area contributed by atoms with E-state index in [-0.39, 0.29) is 12.6 Å². The van der Waals surface area contributed by atoms with E-state index < -0.39 is 11.7 Å². The molecule has 1 amide bonds. The number of rotatable bonds is 8. The maximum atomic E-state index is 11.7. The molecule has 5 nitrogen and oxygen atoms in total. The third kappa shape index (κ3) is 11.0. The zero-order valence-corrected chi connectivity index (χ0v) is 15.6. The Balaban J connectivity index is 2.12. The largest absolute Gasteiger partial charge is 0.457 e. The lowest BCUT2D eigenvalue weighted by Gasteiger charge is -2.18. The fraction of sp³-hybridized carbons (Fsp3) is 0.500. The molecule has 0 saturated carbocycles. The zero-order chi connectivity index (χ0) is 18.7. The third-order valence-electron chi connectivity index (χ3n) is 3.25. The number of allylic oxidation sites excluding steroid dienone is 1. The summed E-state index contributed by atoms with van der Waals surface area (Å²) < 4.78 is 10.4. The number of nitrogens with one attached hydrogen (secondary N) is 1. The van der Waals surface area contributed by atoms with Crippen molar-refractivity contribution >= 4 is 12.1 Å². The number of ether oxygens (including phenoxy) is 2. The molecule has 1 aromatic carbocycles. The van der Waals surface area contributed by atoms with Gasteiger partial charge < -0.3 is 14.8 Å². The topological polar surface area (TPSA) is 64.6 Å². The van der Waals surface area contributed by atoms with Crippen molar-refractivity contribution in [2.75, 3.05) is 6.54 Å². The molecule has 0 fully saturated rings. The van der Waals surface area contributed by atoms with E-state index in [2.05, 4.69) is 5.32 Å². The molecule has 0 aromatic heterocycles. The Morgan fingerprint density at radius 1 is 1.12 bits per heavy atom. The molecule has 0 heterocycles. The lowest BCUT2D eigenvalue weighted by Crippen LogP contribution is -2.25. The van der Waals surface area contributed by atoms with Crippen molar-refractivity contribution < 1.29 is 19.1 Å². The summed E-state index contributed by atoms with van der Waals surface area (Å²) in [5, 5.41) is 2.73. The molecule has 138 valence electrons. The SMILES string of the molecule is C/C(=C\C(=O)OC(C)(C)C)CCCCNC(=O)OCc1ccccc1. The summed E-state index contributed by atoms with van der Waals surface area (Å²) >= 11 is 0. The monoisotopic (exact) mass is 347 g/mol. The summed E-state index contributed by atoms with van der Waals surface area (Å²) in [6.45, 7) is 8.26. The second kappa shape index (κ2) is 10.5. The smallest absolute Gasteiger partial charge is 0.407 e. The summed E-state index contributed by atoms with van der Waals surface area (Å²) in [5.41, 5.74) is 1.46. The fourth-order valence-corrected chi connectivity index (χ4v) is 2.10. The molecule has 0 aliphatic heterocycles. The van der Waals surface area contributed by atoms with Gasteiger partial charge in [-0.3, -0.25) is 0 Å². The van der Waals surface area contributed by atoms with Gasteiger partial charge in [0.2, 0.25) is 0 Å². The van der Waals surface area contributed by atoms with Crippen molar-refractivity contribution in [2.24, 2.45) is 0 Å². The Bertz CT molecular complexity index is 573. The lowest BCUT2D eigenvalue weighted by atomic mass is 10.1. The van der Waals surface area contributed by atoms with Crippen LogP contribution in [0.15, 0.2) is 42.0 Å². The highest BCUT2D eigenvalue weighted by atomic mass is 16.6. The van der Waals surface area contributed by atoms with Crippen molar-refractivity contribution in [1.29, 1.82) is 0 Å². The number of carbonyl (C=O) groups is 2. The van der Waals surface area contributed by atoms with Gasteiger partial charge in [0.1, 0.15) is 12.2 Å². The van der Waals surface area contributed by atoms with Gasteiger partial charge in [-0.15, -0.1) is 0 Å². The van der Waals surface area contributed by atoms with E-state index >= 15 is 0 Å². The normalized spacial score (nSPS) is 11.8. The number of hydrogen-bond donors (Lipinski definition) is 1. The van der Waals surface area contributed by atoms with E-state index in [0.29, 0.717) is 6.54 Å². The maximum absolute atomic E-state index is 11.7. The van der Waals surface area contributed by atoms with Crippen LogP contribution in [0.2, 0.25) is 0 Å². The summed E-state index contributed by atoms with van der Waals surface area (Å²) in [4.78, 5) is 23.2. The molecule has 0 spiro atoms. The Kier molecular flexibility index (Phi) is 8.75. The molecular formula is C20H29NO4. The van der Waals surface area contributed by atoms with Crippen LogP contribution in [0.3, 0.4) is 0 Å². The lowest BCUT2D eigenvalue weighted by molar-refractivity contribution is -0.148. The number of carbonyl (C=O) groups excluding carboxylic acids is 2. The molecule has 5 heteroatoms. The number of unbranched alkanes of at least 4 members (excludes halogenated alkanes) is 1. The zero-order valence-electron chi connectivity index (χ0n) is 15.6. The summed E-state index contributed by atoms with van der Waals surface area (Å²) in [7, 11) is 0. The highest BCUT2D eigenvalue weighted by Gasteiger charge is 2.14. The Morgan fingerprint density at radius 2 is 1.80 bits per heavy atom. The van der Waals surface area contributed by atoms with Gasteiger partial charge in [0.15, 0.2) is 0 Å². The standard InChI is InChI=1S/C20H29NO4/c1-16(14-18(22)25-20(2,3)4)10-8-9-13-21-19(23)24-15-17-11-6-5-7-12-17/h5-7,11-12,14H,8-10,13,15H2,1-4H3,(H,21,23)/b16-14+. The Morgan fingerprint density at radius 3 is 2.44 bits per heavy atom. The molecule has 25 heavy (non-hydrogen) atoms. The molecular weight excluding hydrogens is 318 g/mol. The van der Waals surface area contributed by atoms with Gasteiger partial charge in [0.25, 0.3) is 0 Å². The van der Waals surface area contributed by atoms with Crippen molar-refractivity contribution in [3.8, 4) is 0 Å². The van der Waals surface area contributed by atoms with E-state index in [1.54, 1.807) is 0 Å². The molecule has 0 radical (unpaired) electrons. The summed E-state index contributed by atoms with van der Waals surface area (Å²) in [5.74, 6) is -0.312. The van der Waals surface area contributed by atoms with Gasteiger partial charge in [0.05, 0.1) is 0 Å². The molecule has 0 aliphatic rings. The second-order valence-electron chi connectivity index (χ2n) is 6.97. The molecule has 1 N–H and O–H groups in total. The molecule has 0 saturated heterocycles. The van der Waals surface area contributed by atoms with E-state index in [1.807, 2.05) is 58.0 Å². The molecule has 0 atom stereocenters. The first kappa shape index (κ1) is 20.7. The van der Waals surface area contributed by atoms with Crippen molar-refractivity contribution in [3.63, 3.8) is 0 Å². The first-order chi connectivity index (χ1) is 11.8. The minimum Gasteiger partial charge on any atom is -0.457 e. The molecule has 1 rings (SSSR count). The van der Waals surface area contributed by atoms with Gasteiger partial charge in [-0.25, -0.2) is 9.59 Å². The first-order valence-electron chi connectivity index (χ1n) is 8.61. The quantitative estimate of drug-likeness (QED) is 0.431. The van der Waals surface area contributed by atoms with E-state index in [4.69, 9.17) is 9.47 Å². The van der Waals surface area contributed by atoms with E-state index in [9.17, 15) is 9.59 Å². The van der Waals surface area contributed by atoms with Crippen LogP contribution >= 0.6 is 0 Å².